The number of aromatic nitrogens is 1. The lowest BCUT2D eigenvalue weighted by atomic mass is 9.90. The predicted molar refractivity (Wildman–Crippen MR) is 68.9 cm³/mol. The van der Waals surface area contributed by atoms with Crippen LogP contribution in [0.1, 0.15) is 45.6 Å². The first-order valence-electron chi connectivity index (χ1n) is 6.41. The van der Waals surface area contributed by atoms with Crippen molar-refractivity contribution in [2.45, 2.75) is 51.7 Å². The number of pyridine rings is 1. The molecule has 1 aliphatic rings. The van der Waals surface area contributed by atoms with E-state index in [-0.39, 0.29) is 11.6 Å². The summed E-state index contributed by atoms with van der Waals surface area (Å²) in [7, 11) is 0. The van der Waals surface area contributed by atoms with Crippen molar-refractivity contribution in [2.75, 3.05) is 0 Å². The Morgan fingerprint density at radius 2 is 2.24 bits per heavy atom. The van der Waals surface area contributed by atoms with Crippen LogP contribution in [0.3, 0.4) is 0 Å². The fourth-order valence-electron chi connectivity index (χ4n) is 2.62. The maximum atomic E-state index is 6.47. The maximum Gasteiger partial charge on any atom is 0.138 e. The third kappa shape index (κ3) is 2.78. The zero-order valence-electron chi connectivity index (χ0n) is 10.9. The summed E-state index contributed by atoms with van der Waals surface area (Å²) in [4.78, 5) is 4.25. The van der Waals surface area contributed by atoms with Gasteiger partial charge in [0, 0.05) is 11.7 Å². The van der Waals surface area contributed by atoms with Crippen molar-refractivity contribution in [1.82, 2.24) is 4.98 Å². The van der Waals surface area contributed by atoms with Crippen LogP contribution in [0.25, 0.3) is 0 Å². The number of rotatable bonds is 3. The summed E-state index contributed by atoms with van der Waals surface area (Å²) in [6.07, 6.45) is 7.09. The number of nitrogens with two attached hydrogens (primary N) is 1. The van der Waals surface area contributed by atoms with E-state index in [1.807, 2.05) is 26.1 Å². The van der Waals surface area contributed by atoms with Crippen LogP contribution in [0.2, 0.25) is 0 Å². The Kier molecular flexibility index (Phi) is 3.38. The van der Waals surface area contributed by atoms with E-state index in [1.54, 1.807) is 6.20 Å². The fraction of sp³-hybridized carbons (Fsp3) is 0.643. The molecule has 0 amide bonds. The van der Waals surface area contributed by atoms with Gasteiger partial charge in [0.2, 0.25) is 0 Å². The highest BCUT2D eigenvalue weighted by atomic mass is 16.5. The SMILES string of the molecule is CC1CCC(N)(c2cncc(OC(C)C)c2)C1. The zero-order valence-corrected chi connectivity index (χ0v) is 10.9. The lowest BCUT2D eigenvalue weighted by Crippen LogP contribution is -2.33. The number of ether oxygens (including phenoxy) is 1. The third-order valence-electron chi connectivity index (χ3n) is 3.46. The lowest BCUT2D eigenvalue weighted by Gasteiger charge is -2.25. The van der Waals surface area contributed by atoms with Gasteiger partial charge in [-0.3, -0.25) is 4.98 Å². The van der Waals surface area contributed by atoms with Crippen LogP contribution in [0.15, 0.2) is 18.5 Å². The molecule has 0 bridgehead atoms. The van der Waals surface area contributed by atoms with Crippen molar-refractivity contribution in [3.8, 4) is 5.75 Å². The minimum absolute atomic E-state index is 0.170. The van der Waals surface area contributed by atoms with Gasteiger partial charge in [-0.15, -0.1) is 0 Å². The molecule has 0 aliphatic heterocycles. The van der Waals surface area contributed by atoms with Gasteiger partial charge in [-0.1, -0.05) is 6.92 Å². The topological polar surface area (TPSA) is 48.1 Å². The minimum Gasteiger partial charge on any atom is -0.489 e. The Morgan fingerprint density at radius 3 is 2.82 bits per heavy atom. The number of hydrogen-bond donors (Lipinski definition) is 1. The summed E-state index contributed by atoms with van der Waals surface area (Å²) < 4.78 is 5.67. The van der Waals surface area contributed by atoms with Gasteiger partial charge in [0.05, 0.1) is 12.3 Å². The second-order valence-electron chi connectivity index (χ2n) is 5.58. The molecule has 2 atom stereocenters. The monoisotopic (exact) mass is 234 g/mol. The summed E-state index contributed by atoms with van der Waals surface area (Å²) >= 11 is 0. The lowest BCUT2D eigenvalue weighted by molar-refractivity contribution is 0.240. The van der Waals surface area contributed by atoms with Crippen molar-refractivity contribution < 1.29 is 4.74 Å². The van der Waals surface area contributed by atoms with E-state index in [4.69, 9.17) is 10.5 Å². The summed E-state index contributed by atoms with van der Waals surface area (Å²) in [6, 6.07) is 2.05. The average molecular weight is 234 g/mol. The van der Waals surface area contributed by atoms with E-state index in [0.29, 0.717) is 5.92 Å². The van der Waals surface area contributed by atoms with Crippen LogP contribution in [0, 0.1) is 5.92 Å². The largest absolute Gasteiger partial charge is 0.489 e. The average Bonchev–Trinajstić information content (AvgIpc) is 2.59. The van der Waals surface area contributed by atoms with E-state index in [2.05, 4.69) is 11.9 Å². The Balaban J connectivity index is 2.21. The molecule has 0 spiro atoms. The van der Waals surface area contributed by atoms with Crippen LogP contribution < -0.4 is 10.5 Å². The summed E-state index contributed by atoms with van der Waals surface area (Å²) in [5, 5.41) is 0. The first-order valence-corrected chi connectivity index (χ1v) is 6.41. The first kappa shape index (κ1) is 12.4. The number of hydrogen-bond acceptors (Lipinski definition) is 3. The molecule has 2 unspecified atom stereocenters. The van der Waals surface area contributed by atoms with Crippen LogP contribution in [0.4, 0.5) is 0 Å². The highest BCUT2D eigenvalue weighted by molar-refractivity contribution is 5.30. The van der Waals surface area contributed by atoms with E-state index >= 15 is 0 Å². The van der Waals surface area contributed by atoms with Gasteiger partial charge in [0.25, 0.3) is 0 Å². The van der Waals surface area contributed by atoms with Gasteiger partial charge in [-0.25, -0.2) is 0 Å². The molecule has 17 heavy (non-hydrogen) atoms. The predicted octanol–water partition coefficient (Wildman–Crippen LogP) is 2.84. The molecule has 2 rings (SSSR count). The van der Waals surface area contributed by atoms with Crippen molar-refractivity contribution in [3.63, 3.8) is 0 Å². The molecule has 1 heterocycles. The Hall–Kier alpha value is -1.09. The van der Waals surface area contributed by atoms with Crippen LogP contribution >= 0.6 is 0 Å². The molecule has 1 aliphatic carbocycles. The number of nitrogens with zero attached hydrogens (tertiary/aromatic N) is 1. The van der Waals surface area contributed by atoms with Gasteiger partial charge >= 0.3 is 0 Å². The van der Waals surface area contributed by atoms with E-state index < -0.39 is 0 Å². The molecule has 0 radical (unpaired) electrons. The van der Waals surface area contributed by atoms with Gasteiger partial charge in [-0.05, 0) is 50.7 Å². The third-order valence-corrected chi connectivity index (χ3v) is 3.46. The Bertz CT molecular complexity index is 392. The summed E-state index contributed by atoms with van der Waals surface area (Å²) in [6.45, 7) is 6.29. The Morgan fingerprint density at radius 1 is 1.47 bits per heavy atom. The highest BCUT2D eigenvalue weighted by Gasteiger charge is 2.35. The summed E-state index contributed by atoms with van der Waals surface area (Å²) in [5.41, 5.74) is 7.38. The molecule has 1 aromatic rings. The minimum atomic E-state index is -0.206. The normalized spacial score (nSPS) is 28.6. The quantitative estimate of drug-likeness (QED) is 0.874. The fourth-order valence-corrected chi connectivity index (χ4v) is 2.62. The molecule has 1 aromatic heterocycles. The highest BCUT2D eigenvalue weighted by Crippen LogP contribution is 2.40. The summed E-state index contributed by atoms with van der Waals surface area (Å²) in [5.74, 6) is 1.52. The van der Waals surface area contributed by atoms with Gasteiger partial charge < -0.3 is 10.5 Å². The van der Waals surface area contributed by atoms with Gasteiger partial charge in [0.1, 0.15) is 5.75 Å². The molecule has 0 aromatic carbocycles. The van der Waals surface area contributed by atoms with Gasteiger partial charge in [0.15, 0.2) is 0 Å². The molecule has 1 fully saturated rings. The van der Waals surface area contributed by atoms with E-state index in [0.717, 1.165) is 24.2 Å². The van der Waals surface area contributed by atoms with Crippen molar-refractivity contribution in [3.05, 3.63) is 24.0 Å². The zero-order chi connectivity index (χ0) is 12.5. The van der Waals surface area contributed by atoms with Crippen molar-refractivity contribution >= 4 is 0 Å². The van der Waals surface area contributed by atoms with Crippen LogP contribution in [0.5, 0.6) is 5.75 Å². The van der Waals surface area contributed by atoms with E-state index in [9.17, 15) is 0 Å². The molecule has 3 nitrogen and oxygen atoms in total. The van der Waals surface area contributed by atoms with Crippen molar-refractivity contribution in [2.24, 2.45) is 11.7 Å². The van der Waals surface area contributed by atoms with Gasteiger partial charge in [-0.2, -0.15) is 0 Å². The molecule has 3 heteroatoms. The maximum absolute atomic E-state index is 6.47. The van der Waals surface area contributed by atoms with E-state index in [1.165, 1.54) is 6.42 Å². The first-order chi connectivity index (χ1) is 7.99. The second kappa shape index (κ2) is 4.65. The Labute approximate surface area is 103 Å². The van der Waals surface area contributed by atoms with Crippen molar-refractivity contribution in [1.29, 1.82) is 0 Å². The molecule has 0 saturated heterocycles. The van der Waals surface area contributed by atoms with Crippen LogP contribution in [-0.2, 0) is 5.54 Å². The molecule has 2 N–H and O–H groups in total. The van der Waals surface area contributed by atoms with Crippen LogP contribution in [-0.4, -0.2) is 11.1 Å². The standard InChI is InChI=1S/C14H22N2O/c1-10(2)17-13-6-12(8-16-9-13)14(15)5-4-11(3)7-14/h6,8-11H,4-5,7,15H2,1-3H3. The smallest absolute Gasteiger partial charge is 0.138 e. The molecule has 94 valence electrons. The second-order valence-corrected chi connectivity index (χ2v) is 5.58. The molecule has 1 saturated carbocycles. The molecular weight excluding hydrogens is 212 g/mol. The molecular formula is C14H22N2O.